The van der Waals surface area contributed by atoms with Crippen molar-refractivity contribution < 1.29 is 17.3 Å². The number of nitrogens with zero attached hydrogens (tertiary/aromatic N) is 5. The van der Waals surface area contributed by atoms with Crippen LogP contribution in [0.15, 0.2) is 59.6 Å². The fourth-order valence-electron chi connectivity index (χ4n) is 2.42. The molecule has 29 heavy (non-hydrogen) atoms. The van der Waals surface area contributed by atoms with Crippen LogP contribution in [-0.4, -0.2) is 36.4 Å². The van der Waals surface area contributed by atoms with Gasteiger partial charge >= 0.3 is 10.3 Å². The summed E-state index contributed by atoms with van der Waals surface area (Å²) in [5.74, 6) is 0.561. The SMILES string of the molecule is N#Cc1ccc(N(CCOc2ccc(OS(N)(=O)=O)c(Br)c2)n2cnnc2)cc1. The van der Waals surface area contributed by atoms with Gasteiger partial charge in [-0.1, -0.05) is 0 Å². The van der Waals surface area contributed by atoms with Crippen LogP contribution in [0.25, 0.3) is 0 Å². The molecule has 0 spiro atoms. The maximum atomic E-state index is 11.0. The van der Waals surface area contributed by atoms with E-state index in [9.17, 15) is 8.42 Å². The molecule has 0 aliphatic heterocycles. The van der Waals surface area contributed by atoms with Crippen LogP contribution in [0.5, 0.6) is 11.5 Å². The predicted octanol–water partition coefficient (Wildman–Crippen LogP) is 1.84. The highest BCUT2D eigenvalue weighted by Crippen LogP contribution is 2.30. The first-order valence-corrected chi connectivity index (χ1v) is 10.4. The lowest BCUT2D eigenvalue weighted by atomic mass is 10.2. The third-order valence-electron chi connectivity index (χ3n) is 3.66. The van der Waals surface area contributed by atoms with Gasteiger partial charge < -0.3 is 8.92 Å². The lowest BCUT2D eigenvalue weighted by molar-refractivity contribution is 0.319. The summed E-state index contributed by atoms with van der Waals surface area (Å²) >= 11 is 3.22. The summed E-state index contributed by atoms with van der Waals surface area (Å²) in [7, 11) is -4.11. The standard InChI is InChI=1S/C17H15BrN6O4S/c18-16-9-15(5-6-17(16)28-29(20,25)26)27-8-7-24(23-11-21-22-12-23)14-3-1-13(10-19)2-4-14/h1-6,9,11-12H,7-8H2,(H2,20,25,26). The van der Waals surface area contributed by atoms with Crippen molar-refractivity contribution in [1.82, 2.24) is 14.9 Å². The van der Waals surface area contributed by atoms with Gasteiger partial charge in [-0.25, -0.2) is 4.68 Å². The molecule has 3 rings (SSSR count). The molecule has 0 fully saturated rings. The average Bonchev–Trinajstić information content (AvgIpc) is 3.21. The molecule has 0 saturated heterocycles. The minimum Gasteiger partial charge on any atom is -0.492 e. The Labute approximate surface area is 175 Å². The molecule has 3 aromatic rings. The predicted molar refractivity (Wildman–Crippen MR) is 107 cm³/mol. The molecule has 0 amide bonds. The van der Waals surface area contributed by atoms with E-state index in [2.05, 4.69) is 36.4 Å². The number of benzene rings is 2. The number of hydrogen-bond acceptors (Lipinski definition) is 8. The van der Waals surface area contributed by atoms with Crippen LogP contribution in [-0.2, 0) is 10.3 Å². The Balaban J connectivity index is 1.69. The Morgan fingerprint density at radius 3 is 2.45 bits per heavy atom. The van der Waals surface area contributed by atoms with Gasteiger partial charge in [0, 0.05) is 0 Å². The molecule has 0 bridgehead atoms. The number of nitriles is 1. The van der Waals surface area contributed by atoms with Gasteiger partial charge in [0.2, 0.25) is 0 Å². The largest absolute Gasteiger partial charge is 0.492 e. The number of hydrogen-bond donors (Lipinski definition) is 1. The summed E-state index contributed by atoms with van der Waals surface area (Å²) < 4.78 is 34.6. The normalized spacial score (nSPS) is 10.9. The number of rotatable bonds is 8. The minimum atomic E-state index is -4.11. The molecule has 2 aromatic carbocycles. The summed E-state index contributed by atoms with van der Waals surface area (Å²) in [6, 6.07) is 13.7. The molecule has 0 aliphatic carbocycles. The van der Waals surface area contributed by atoms with E-state index >= 15 is 0 Å². The molecular weight excluding hydrogens is 464 g/mol. The Kier molecular flexibility index (Phi) is 6.32. The molecule has 0 aliphatic rings. The summed E-state index contributed by atoms with van der Waals surface area (Å²) in [5.41, 5.74) is 1.38. The van der Waals surface area contributed by atoms with Crippen molar-refractivity contribution in [2.24, 2.45) is 5.14 Å². The van der Waals surface area contributed by atoms with Crippen molar-refractivity contribution in [3.8, 4) is 17.6 Å². The lowest BCUT2D eigenvalue weighted by Gasteiger charge is -2.25. The first-order chi connectivity index (χ1) is 13.9. The molecule has 0 saturated carbocycles. The highest BCUT2D eigenvalue weighted by Gasteiger charge is 2.12. The number of anilines is 1. The number of halogens is 1. The van der Waals surface area contributed by atoms with Gasteiger partial charge in [0.15, 0.2) is 5.75 Å². The smallest absolute Gasteiger partial charge is 0.380 e. The van der Waals surface area contributed by atoms with Crippen molar-refractivity contribution in [3.63, 3.8) is 0 Å². The number of nitrogens with two attached hydrogens (primary N) is 1. The maximum absolute atomic E-state index is 11.0. The van der Waals surface area contributed by atoms with E-state index in [0.29, 0.717) is 28.9 Å². The topological polar surface area (TPSA) is 136 Å². The fraction of sp³-hybridized carbons (Fsp3) is 0.118. The van der Waals surface area contributed by atoms with Crippen molar-refractivity contribution in [3.05, 3.63) is 65.2 Å². The molecule has 10 nitrogen and oxygen atoms in total. The Bertz CT molecular complexity index is 1110. The van der Waals surface area contributed by atoms with Gasteiger partial charge in [-0.3, -0.25) is 5.01 Å². The van der Waals surface area contributed by atoms with E-state index in [0.717, 1.165) is 5.69 Å². The molecule has 150 valence electrons. The Morgan fingerprint density at radius 1 is 1.17 bits per heavy atom. The summed E-state index contributed by atoms with van der Waals surface area (Å²) in [6.45, 7) is 0.733. The second-order valence-corrected chi connectivity index (χ2v) is 7.65. The second-order valence-electron chi connectivity index (χ2n) is 5.64. The first kappa shape index (κ1) is 20.6. The van der Waals surface area contributed by atoms with Crippen LogP contribution in [0, 0.1) is 11.3 Å². The summed E-state index contributed by atoms with van der Waals surface area (Å²) in [5, 5.41) is 23.3. The molecule has 0 unspecified atom stereocenters. The quantitative estimate of drug-likeness (QED) is 0.517. The molecule has 1 heterocycles. The van der Waals surface area contributed by atoms with E-state index in [1.807, 2.05) is 17.1 Å². The lowest BCUT2D eigenvalue weighted by Crippen LogP contribution is -2.32. The van der Waals surface area contributed by atoms with Crippen molar-refractivity contribution in [2.75, 3.05) is 18.2 Å². The van der Waals surface area contributed by atoms with Crippen LogP contribution in [0.4, 0.5) is 5.69 Å². The monoisotopic (exact) mass is 478 g/mol. The number of ether oxygens (including phenoxy) is 1. The van der Waals surface area contributed by atoms with E-state index in [4.69, 9.17) is 15.1 Å². The summed E-state index contributed by atoms with van der Waals surface area (Å²) in [4.78, 5) is 0. The van der Waals surface area contributed by atoms with Crippen LogP contribution in [0.1, 0.15) is 5.56 Å². The summed E-state index contributed by atoms with van der Waals surface area (Å²) in [6.07, 6.45) is 3.10. The third-order valence-corrected chi connectivity index (χ3v) is 4.69. The van der Waals surface area contributed by atoms with E-state index in [-0.39, 0.29) is 5.75 Å². The van der Waals surface area contributed by atoms with Gasteiger partial charge in [-0.2, -0.15) is 18.8 Å². The van der Waals surface area contributed by atoms with Crippen molar-refractivity contribution >= 4 is 31.9 Å². The van der Waals surface area contributed by atoms with Crippen LogP contribution in [0.2, 0.25) is 0 Å². The van der Waals surface area contributed by atoms with Crippen LogP contribution < -0.4 is 19.1 Å². The van der Waals surface area contributed by atoms with Gasteiger partial charge in [0.1, 0.15) is 25.0 Å². The molecule has 0 atom stereocenters. The Hall–Kier alpha value is -3.14. The average molecular weight is 479 g/mol. The molecule has 0 radical (unpaired) electrons. The van der Waals surface area contributed by atoms with Crippen molar-refractivity contribution in [2.45, 2.75) is 0 Å². The van der Waals surface area contributed by atoms with Crippen LogP contribution >= 0.6 is 15.9 Å². The zero-order chi connectivity index (χ0) is 20.9. The molecular formula is C17H15BrN6O4S. The fourth-order valence-corrected chi connectivity index (χ4v) is 3.36. The van der Waals surface area contributed by atoms with Gasteiger partial charge in [-0.05, 0) is 58.4 Å². The van der Waals surface area contributed by atoms with Crippen LogP contribution in [0.3, 0.4) is 0 Å². The second kappa shape index (κ2) is 8.91. The Morgan fingerprint density at radius 2 is 1.86 bits per heavy atom. The van der Waals surface area contributed by atoms with E-state index in [1.54, 1.807) is 41.6 Å². The highest BCUT2D eigenvalue weighted by atomic mass is 79.9. The highest BCUT2D eigenvalue weighted by molar-refractivity contribution is 9.10. The van der Waals surface area contributed by atoms with E-state index in [1.165, 1.54) is 6.07 Å². The third kappa shape index (κ3) is 5.67. The minimum absolute atomic E-state index is 0.0588. The van der Waals surface area contributed by atoms with Crippen molar-refractivity contribution in [1.29, 1.82) is 5.26 Å². The van der Waals surface area contributed by atoms with E-state index < -0.39 is 10.3 Å². The van der Waals surface area contributed by atoms with Gasteiger partial charge in [0.25, 0.3) is 0 Å². The molecule has 12 heteroatoms. The first-order valence-electron chi connectivity index (χ1n) is 8.13. The van der Waals surface area contributed by atoms with Gasteiger partial charge in [0.05, 0.1) is 28.3 Å². The number of aromatic nitrogens is 3. The molecule has 1 aromatic heterocycles. The van der Waals surface area contributed by atoms with Gasteiger partial charge in [-0.15, -0.1) is 10.2 Å². The zero-order valence-electron chi connectivity index (χ0n) is 14.8. The molecule has 2 N–H and O–H groups in total. The zero-order valence-corrected chi connectivity index (χ0v) is 17.2. The maximum Gasteiger partial charge on any atom is 0.380 e.